The molecule has 1 N–H and O–H groups in total. The Balaban J connectivity index is 1.80. The first-order chi connectivity index (χ1) is 12.2. The Bertz CT molecular complexity index is 818. The van der Waals surface area contributed by atoms with E-state index < -0.39 is 11.7 Å². The SMILES string of the molecule is Cc1cc2cnn(PI)c2cc1C1CCN(C(=O)OC(C)(C)C)CC1O. The number of amides is 1. The van der Waals surface area contributed by atoms with Crippen LogP contribution in [0.5, 0.6) is 0 Å². The standard InChI is InChI=1S/C18H25IN3O3P/c1-11-7-12-9-20-22(26-19)15(12)8-14(11)13-5-6-21(10-16(13)23)17(24)25-18(2,3)4/h7-9,13,16,23,26H,5-6,10H2,1-4H3. The number of ether oxygens (including phenoxy) is 1. The number of aromatic nitrogens is 2. The summed E-state index contributed by atoms with van der Waals surface area (Å²) in [5.74, 6) is 0.0129. The van der Waals surface area contributed by atoms with Gasteiger partial charge in [0.2, 0.25) is 0 Å². The number of aliphatic hydroxyl groups is 1. The Kier molecular flexibility index (Phi) is 5.80. The van der Waals surface area contributed by atoms with E-state index in [1.54, 1.807) is 4.90 Å². The van der Waals surface area contributed by atoms with E-state index in [0.29, 0.717) is 25.9 Å². The van der Waals surface area contributed by atoms with Gasteiger partial charge in [-0.25, -0.2) is 9.25 Å². The fourth-order valence-electron chi connectivity index (χ4n) is 3.46. The normalized spacial score (nSPS) is 21.7. The fourth-order valence-corrected chi connectivity index (χ4v) is 5.00. The highest BCUT2D eigenvalue weighted by molar-refractivity contribution is 14.2. The summed E-state index contributed by atoms with van der Waals surface area (Å²) in [6.07, 6.45) is 2.18. The van der Waals surface area contributed by atoms with Crippen LogP contribution in [-0.2, 0) is 4.74 Å². The molecule has 142 valence electrons. The Morgan fingerprint density at radius 1 is 1.42 bits per heavy atom. The summed E-state index contributed by atoms with van der Waals surface area (Å²) in [4.78, 5) is 13.9. The van der Waals surface area contributed by atoms with Crippen LogP contribution in [-0.4, -0.2) is 50.4 Å². The van der Waals surface area contributed by atoms with E-state index in [2.05, 4.69) is 46.2 Å². The first kappa shape index (κ1) is 19.8. The summed E-state index contributed by atoms with van der Waals surface area (Å²) >= 11 is 2.32. The van der Waals surface area contributed by atoms with Crippen LogP contribution in [0.2, 0.25) is 0 Å². The van der Waals surface area contributed by atoms with E-state index >= 15 is 0 Å². The number of likely N-dealkylation sites (tertiary alicyclic amines) is 1. The third-order valence-electron chi connectivity index (χ3n) is 4.67. The molecule has 2 heterocycles. The van der Waals surface area contributed by atoms with Crippen LogP contribution in [0.15, 0.2) is 18.3 Å². The smallest absolute Gasteiger partial charge is 0.410 e. The molecule has 0 radical (unpaired) electrons. The second-order valence-electron chi connectivity index (χ2n) is 7.80. The third kappa shape index (κ3) is 4.15. The van der Waals surface area contributed by atoms with Crippen molar-refractivity contribution < 1.29 is 14.6 Å². The molecule has 26 heavy (non-hydrogen) atoms. The van der Waals surface area contributed by atoms with Gasteiger partial charge < -0.3 is 14.7 Å². The van der Waals surface area contributed by atoms with Crippen LogP contribution >= 0.6 is 28.4 Å². The molecular formula is C18H25IN3O3P. The van der Waals surface area contributed by atoms with Crippen molar-refractivity contribution >= 4 is 45.4 Å². The molecule has 1 amide bonds. The first-order valence-electron chi connectivity index (χ1n) is 8.70. The van der Waals surface area contributed by atoms with Gasteiger partial charge in [0.25, 0.3) is 0 Å². The van der Waals surface area contributed by atoms with E-state index in [1.165, 1.54) is 0 Å². The lowest BCUT2D eigenvalue weighted by Gasteiger charge is -2.37. The number of carbonyl (C=O) groups excluding carboxylic acids is 1. The van der Waals surface area contributed by atoms with Crippen molar-refractivity contribution in [3.8, 4) is 0 Å². The van der Waals surface area contributed by atoms with E-state index in [9.17, 15) is 9.90 Å². The molecule has 1 saturated heterocycles. The number of halogens is 1. The van der Waals surface area contributed by atoms with Gasteiger partial charge in [-0.15, -0.1) is 0 Å². The molecule has 0 bridgehead atoms. The van der Waals surface area contributed by atoms with Crippen molar-refractivity contribution in [3.05, 3.63) is 29.5 Å². The summed E-state index contributed by atoms with van der Waals surface area (Å²) in [6, 6.07) is 4.29. The van der Waals surface area contributed by atoms with Gasteiger partial charge in [0.15, 0.2) is 0 Å². The Hall–Kier alpha value is -0.920. The third-order valence-corrected chi connectivity index (χ3v) is 6.56. The Morgan fingerprint density at radius 3 is 2.77 bits per heavy atom. The number of fused-ring (bicyclic) bond motifs is 1. The minimum absolute atomic E-state index is 0.0129. The number of β-amino-alcohol motifs (C(OH)–C–C–N with tert-alkyl or cyclic N) is 1. The summed E-state index contributed by atoms with van der Waals surface area (Å²) in [6.45, 7) is 8.51. The monoisotopic (exact) mass is 489 g/mol. The molecule has 0 aliphatic carbocycles. The van der Waals surface area contributed by atoms with Crippen LogP contribution in [0.1, 0.15) is 44.2 Å². The van der Waals surface area contributed by atoms with E-state index in [-0.39, 0.29) is 12.0 Å². The van der Waals surface area contributed by atoms with Gasteiger partial charge in [0.1, 0.15) is 5.60 Å². The molecule has 2 aromatic rings. The number of carbonyl (C=O) groups is 1. The molecule has 6 nitrogen and oxygen atoms in total. The number of benzene rings is 1. The largest absolute Gasteiger partial charge is 0.444 e. The lowest BCUT2D eigenvalue weighted by molar-refractivity contribution is -0.00155. The molecule has 3 atom stereocenters. The molecule has 1 fully saturated rings. The predicted molar refractivity (Wildman–Crippen MR) is 113 cm³/mol. The molecule has 8 heteroatoms. The summed E-state index contributed by atoms with van der Waals surface area (Å²) in [7, 11) is 0. The number of rotatable bonds is 2. The number of aliphatic hydroxyl groups excluding tert-OH is 1. The molecule has 1 aromatic heterocycles. The van der Waals surface area contributed by atoms with Crippen LogP contribution in [0, 0.1) is 6.92 Å². The summed E-state index contributed by atoms with van der Waals surface area (Å²) in [5.41, 5.74) is 2.87. The minimum Gasteiger partial charge on any atom is -0.444 e. The molecular weight excluding hydrogens is 464 g/mol. The summed E-state index contributed by atoms with van der Waals surface area (Å²) < 4.78 is 7.42. The second kappa shape index (κ2) is 7.60. The van der Waals surface area contributed by atoms with Crippen molar-refractivity contribution in [2.75, 3.05) is 13.1 Å². The van der Waals surface area contributed by atoms with E-state index in [0.717, 1.165) is 22.0 Å². The highest BCUT2D eigenvalue weighted by atomic mass is 127. The van der Waals surface area contributed by atoms with Gasteiger partial charge in [-0.05, 0) is 79.4 Å². The number of piperidine rings is 1. The lowest BCUT2D eigenvalue weighted by atomic mass is 9.84. The highest BCUT2D eigenvalue weighted by Crippen LogP contribution is 2.35. The van der Waals surface area contributed by atoms with Gasteiger partial charge >= 0.3 is 6.09 Å². The van der Waals surface area contributed by atoms with Crippen molar-refractivity contribution in [1.82, 2.24) is 14.5 Å². The zero-order valence-corrected chi connectivity index (χ0v) is 18.6. The molecule has 1 aliphatic heterocycles. The number of hydrogen-bond acceptors (Lipinski definition) is 4. The van der Waals surface area contributed by atoms with Crippen molar-refractivity contribution in [3.63, 3.8) is 0 Å². The van der Waals surface area contributed by atoms with Crippen molar-refractivity contribution in [2.24, 2.45) is 0 Å². The van der Waals surface area contributed by atoms with Crippen molar-refractivity contribution in [1.29, 1.82) is 0 Å². The quantitative estimate of drug-likeness (QED) is 0.507. The average molecular weight is 489 g/mol. The van der Waals surface area contributed by atoms with E-state index in [4.69, 9.17) is 4.74 Å². The number of aryl methyl sites for hydroxylation is 1. The van der Waals surface area contributed by atoms with Crippen LogP contribution in [0.25, 0.3) is 10.9 Å². The number of hydrogen-bond donors (Lipinski definition) is 1. The van der Waals surface area contributed by atoms with Crippen molar-refractivity contribution in [2.45, 2.75) is 51.7 Å². The maximum Gasteiger partial charge on any atom is 0.410 e. The van der Waals surface area contributed by atoms with Crippen LogP contribution in [0.3, 0.4) is 0 Å². The van der Waals surface area contributed by atoms with E-state index in [1.807, 2.05) is 31.4 Å². The van der Waals surface area contributed by atoms with Gasteiger partial charge in [0.05, 0.1) is 30.7 Å². The summed E-state index contributed by atoms with van der Waals surface area (Å²) in [5, 5.41) is 16.3. The van der Waals surface area contributed by atoms with Crippen LogP contribution < -0.4 is 0 Å². The van der Waals surface area contributed by atoms with Gasteiger partial charge in [-0.2, -0.15) is 5.10 Å². The second-order valence-corrected chi connectivity index (χ2v) is 9.84. The number of nitrogens with zero attached hydrogens (tertiary/aromatic N) is 3. The molecule has 1 aliphatic rings. The zero-order chi connectivity index (χ0) is 19.1. The molecule has 0 spiro atoms. The van der Waals surface area contributed by atoms with Gasteiger partial charge in [-0.3, -0.25) is 0 Å². The molecule has 3 rings (SSSR count). The first-order valence-corrected chi connectivity index (χ1v) is 12.8. The Morgan fingerprint density at radius 2 is 2.15 bits per heavy atom. The van der Waals surface area contributed by atoms with Gasteiger partial charge in [-0.1, -0.05) is 0 Å². The lowest BCUT2D eigenvalue weighted by Crippen LogP contribution is -2.47. The van der Waals surface area contributed by atoms with Gasteiger partial charge in [0, 0.05) is 17.8 Å². The molecule has 0 saturated carbocycles. The Labute approximate surface area is 168 Å². The average Bonchev–Trinajstić information content (AvgIpc) is 2.94. The topological polar surface area (TPSA) is 67.6 Å². The maximum absolute atomic E-state index is 12.3. The predicted octanol–water partition coefficient (Wildman–Crippen LogP) is 4.22. The molecule has 3 unspecified atom stereocenters. The highest BCUT2D eigenvalue weighted by Gasteiger charge is 2.34. The minimum atomic E-state index is -0.606. The van der Waals surface area contributed by atoms with Crippen LogP contribution in [0.4, 0.5) is 4.79 Å². The fraction of sp³-hybridized carbons (Fsp3) is 0.556. The molecule has 1 aromatic carbocycles. The maximum atomic E-state index is 12.3. The zero-order valence-electron chi connectivity index (χ0n) is 15.5.